The molecule has 1 saturated heterocycles. The zero-order chi connectivity index (χ0) is 12.4. The Morgan fingerprint density at radius 2 is 2.22 bits per heavy atom. The minimum Gasteiger partial charge on any atom is -0.297 e. The van der Waals surface area contributed by atoms with Crippen molar-refractivity contribution in [2.24, 2.45) is 0 Å². The summed E-state index contributed by atoms with van der Waals surface area (Å²) >= 11 is 1.79. The summed E-state index contributed by atoms with van der Waals surface area (Å²) < 4.78 is 0. The number of hydrogen-bond acceptors (Lipinski definition) is 4. The molecular formula is C13H18N4S. The van der Waals surface area contributed by atoms with Gasteiger partial charge in [0.1, 0.15) is 0 Å². The van der Waals surface area contributed by atoms with Crippen molar-refractivity contribution in [2.75, 3.05) is 13.1 Å². The molecule has 0 atom stereocenters. The molecule has 96 valence electrons. The molecule has 3 heterocycles. The molecule has 0 aromatic carbocycles. The number of likely N-dealkylation sites (tertiary alicyclic amines) is 1. The third kappa shape index (κ3) is 2.33. The quantitative estimate of drug-likeness (QED) is 0.924. The molecule has 0 saturated carbocycles. The van der Waals surface area contributed by atoms with Crippen LogP contribution in [-0.2, 0) is 12.0 Å². The van der Waals surface area contributed by atoms with Gasteiger partial charge in [0.05, 0.1) is 5.01 Å². The summed E-state index contributed by atoms with van der Waals surface area (Å²) in [5.74, 6) is 0. The topological polar surface area (TPSA) is 44.8 Å². The molecule has 0 amide bonds. The second-order valence-electron chi connectivity index (χ2n) is 5.26. The van der Waals surface area contributed by atoms with Crippen LogP contribution in [0.25, 0.3) is 0 Å². The molecule has 1 N–H and O–H groups in total. The fourth-order valence-corrected chi connectivity index (χ4v) is 3.41. The monoisotopic (exact) mass is 262 g/mol. The molecule has 5 heteroatoms. The molecule has 0 aliphatic carbocycles. The van der Waals surface area contributed by atoms with E-state index in [1.807, 2.05) is 12.4 Å². The first-order valence-corrected chi connectivity index (χ1v) is 7.25. The molecule has 2 aromatic heterocycles. The van der Waals surface area contributed by atoms with Gasteiger partial charge in [-0.3, -0.25) is 10.00 Å². The first-order valence-electron chi connectivity index (χ1n) is 6.37. The van der Waals surface area contributed by atoms with Crippen molar-refractivity contribution in [3.63, 3.8) is 0 Å². The summed E-state index contributed by atoms with van der Waals surface area (Å²) in [7, 11) is 0. The molecule has 18 heavy (non-hydrogen) atoms. The minimum atomic E-state index is 0.276. The van der Waals surface area contributed by atoms with E-state index < -0.39 is 0 Å². The fraction of sp³-hybridized carbons (Fsp3) is 0.538. The zero-order valence-electron chi connectivity index (χ0n) is 10.6. The largest absolute Gasteiger partial charge is 0.297 e. The summed E-state index contributed by atoms with van der Waals surface area (Å²) in [4.78, 5) is 6.99. The Balaban J connectivity index is 1.61. The number of nitrogens with one attached hydrogen (secondary N) is 1. The van der Waals surface area contributed by atoms with Crippen molar-refractivity contribution in [1.82, 2.24) is 20.1 Å². The van der Waals surface area contributed by atoms with Gasteiger partial charge in [-0.25, -0.2) is 4.98 Å². The molecule has 1 aliphatic rings. The first kappa shape index (κ1) is 11.9. The van der Waals surface area contributed by atoms with E-state index in [4.69, 9.17) is 0 Å². The lowest BCUT2D eigenvalue weighted by molar-refractivity contribution is 0.160. The van der Waals surface area contributed by atoms with Crippen LogP contribution in [0.1, 0.15) is 30.5 Å². The summed E-state index contributed by atoms with van der Waals surface area (Å²) in [6.45, 7) is 5.59. The number of nitrogens with zero attached hydrogens (tertiary/aromatic N) is 3. The third-order valence-corrected chi connectivity index (χ3v) is 4.94. The maximum atomic E-state index is 4.50. The lowest BCUT2D eigenvalue weighted by atomic mass is 9.81. The average molecular weight is 262 g/mol. The minimum absolute atomic E-state index is 0.276. The maximum Gasteiger partial charge on any atom is 0.0984 e. The van der Waals surface area contributed by atoms with Gasteiger partial charge in [0.25, 0.3) is 0 Å². The van der Waals surface area contributed by atoms with E-state index in [9.17, 15) is 0 Å². The van der Waals surface area contributed by atoms with E-state index in [-0.39, 0.29) is 5.41 Å². The van der Waals surface area contributed by atoms with Crippen molar-refractivity contribution in [2.45, 2.75) is 31.7 Å². The maximum absolute atomic E-state index is 4.50. The van der Waals surface area contributed by atoms with E-state index in [0.29, 0.717) is 0 Å². The van der Waals surface area contributed by atoms with Gasteiger partial charge in [0.2, 0.25) is 0 Å². The Morgan fingerprint density at radius 3 is 2.83 bits per heavy atom. The SMILES string of the molecule is CC1(c2nccs2)CCN(Cc2ccn[nH]2)CC1. The Hall–Kier alpha value is -1.20. The molecule has 0 spiro atoms. The van der Waals surface area contributed by atoms with Crippen LogP contribution in [-0.4, -0.2) is 33.2 Å². The Morgan fingerprint density at radius 1 is 1.39 bits per heavy atom. The Labute approximate surface area is 111 Å². The van der Waals surface area contributed by atoms with Crippen LogP contribution >= 0.6 is 11.3 Å². The molecule has 0 bridgehead atoms. The van der Waals surface area contributed by atoms with Crippen LogP contribution in [0.5, 0.6) is 0 Å². The van der Waals surface area contributed by atoms with Gasteiger partial charge in [0.15, 0.2) is 0 Å². The molecule has 3 rings (SSSR count). The van der Waals surface area contributed by atoms with Crippen LogP contribution in [0.4, 0.5) is 0 Å². The number of rotatable bonds is 3. The van der Waals surface area contributed by atoms with Gasteiger partial charge in [-0.1, -0.05) is 6.92 Å². The second-order valence-corrected chi connectivity index (χ2v) is 6.15. The second kappa shape index (κ2) is 4.82. The van der Waals surface area contributed by atoms with E-state index in [2.05, 4.69) is 38.5 Å². The van der Waals surface area contributed by atoms with E-state index >= 15 is 0 Å². The number of H-pyrrole nitrogens is 1. The average Bonchev–Trinajstić information content (AvgIpc) is 3.04. The number of aromatic amines is 1. The van der Waals surface area contributed by atoms with Gasteiger partial charge in [-0.05, 0) is 32.0 Å². The molecular weight excluding hydrogens is 244 g/mol. The lowest BCUT2D eigenvalue weighted by Gasteiger charge is -2.37. The normalized spacial score (nSPS) is 20.1. The highest BCUT2D eigenvalue weighted by atomic mass is 32.1. The Kier molecular flexibility index (Phi) is 3.18. The van der Waals surface area contributed by atoms with Crippen molar-refractivity contribution in [3.8, 4) is 0 Å². The van der Waals surface area contributed by atoms with Gasteiger partial charge < -0.3 is 0 Å². The fourth-order valence-electron chi connectivity index (χ4n) is 2.55. The van der Waals surface area contributed by atoms with Crippen molar-refractivity contribution in [1.29, 1.82) is 0 Å². The van der Waals surface area contributed by atoms with Crippen LogP contribution in [0, 0.1) is 0 Å². The van der Waals surface area contributed by atoms with E-state index in [1.54, 1.807) is 11.3 Å². The summed E-state index contributed by atoms with van der Waals surface area (Å²) in [5, 5.41) is 10.4. The smallest absolute Gasteiger partial charge is 0.0984 e. The number of piperidine rings is 1. The van der Waals surface area contributed by atoms with E-state index in [0.717, 1.165) is 19.6 Å². The number of hydrogen-bond donors (Lipinski definition) is 1. The predicted octanol–water partition coefficient (Wildman–Crippen LogP) is 2.42. The van der Waals surface area contributed by atoms with Crippen molar-refractivity contribution < 1.29 is 0 Å². The molecule has 1 aliphatic heterocycles. The van der Waals surface area contributed by atoms with Gasteiger partial charge in [-0.2, -0.15) is 5.10 Å². The van der Waals surface area contributed by atoms with Crippen LogP contribution in [0.15, 0.2) is 23.8 Å². The summed E-state index contributed by atoms with van der Waals surface area (Å²) in [6.07, 6.45) is 6.12. The van der Waals surface area contributed by atoms with Gasteiger partial charge in [0, 0.05) is 35.4 Å². The van der Waals surface area contributed by atoms with Crippen LogP contribution in [0.2, 0.25) is 0 Å². The molecule has 4 nitrogen and oxygen atoms in total. The van der Waals surface area contributed by atoms with Crippen LogP contribution < -0.4 is 0 Å². The summed E-state index contributed by atoms with van der Waals surface area (Å²) in [5.41, 5.74) is 1.48. The number of aromatic nitrogens is 3. The van der Waals surface area contributed by atoms with Crippen molar-refractivity contribution in [3.05, 3.63) is 34.5 Å². The molecule has 0 unspecified atom stereocenters. The zero-order valence-corrected chi connectivity index (χ0v) is 11.4. The first-order chi connectivity index (χ1) is 8.76. The predicted molar refractivity (Wildman–Crippen MR) is 72.6 cm³/mol. The van der Waals surface area contributed by atoms with Crippen molar-refractivity contribution >= 4 is 11.3 Å². The highest BCUT2D eigenvalue weighted by Crippen LogP contribution is 2.36. The highest BCUT2D eigenvalue weighted by Gasteiger charge is 2.33. The molecule has 2 aromatic rings. The van der Waals surface area contributed by atoms with Crippen LogP contribution in [0.3, 0.4) is 0 Å². The van der Waals surface area contributed by atoms with E-state index in [1.165, 1.54) is 23.5 Å². The van der Waals surface area contributed by atoms with Gasteiger partial charge >= 0.3 is 0 Å². The highest BCUT2D eigenvalue weighted by molar-refractivity contribution is 7.09. The molecule has 1 fully saturated rings. The number of thiazole rings is 1. The third-order valence-electron chi connectivity index (χ3n) is 3.86. The molecule has 0 radical (unpaired) electrons. The standard InChI is InChI=1S/C13H18N4S/c1-13(12-14-6-9-18-12)3-7-17(8-4-13)10-11-2-5-15-16-11/h2,5-6,9H,3-4,7-8,10H2,1H3,(H,15,16). The van der Waals surface area contributed by atoms with Gasteiger partial charge in [-0.15, -0.1) is 11.3 Å². The Bertz CT molecular complexity index is 469. The summed E-state index contributed by atoms with van der Waals surface area (Å²) in [6, 6.07) is 2.05. The lowest BCUT2D eigenvalue weighted by Crippen LogP contribution is -2.40.